The van der Waals surface area contributed by atoms with Crippen molar-refractivity contribution >= 4 is 17.6 Å². The summed E-state index contributed by atoms with van der Waals surface area (Å²) in [6, 6.07) is 5.24. The fraction of sp³-hybridized carbons (Fsp3) is 0.688. The van der Waals surface area contributed by atoms with E-state index in [9.17, 15) is 0 Å². The number of nitrogens with one attached hydrogen (secondary N) is 1. The Kier molecular flexibility index (Phi) is 3.95. The van der Waals surface area contributed by atoms with Crippen LogP contribution >= 0.6 is 11.8 Å². The molecule has 1 saturated carbocycles. The zero-order valence-corrected chi connectivity index (χ0v) is 13.6. The summed E-state index contributed by atoms with van der Waals surface area (Å²) in [6.07, 6.45) is 2.68. The van der Waals surface area contributed by atoms with Crippen molar-refractivity contribution in [1.29, 1.82) is 0 Å². The van der Waals surface area contributed by atoms with E-state index in [2.05, 4.69) is 54.9 Å². The van der Waals surface area contributed by atoms with Gasteiger partial charge in [0.15, 0.2) is 0 Å². The number of aromatic nitrogens is 1. The lowest BCUT2D eigenvalue weighted by Crippen LogP contribution is -2.43. The Morgan fingerprint density at radius 1 is 1.40 bits per heavy atom. The molecule has 3 rings (SSSR count). The summed E-state index contributed by atoms with van der Waals surface area (Å²) in [5.41, 5.74) is 2.50. The summed E-state index contributed by atoms with van der Waals surface area (Å²) in [5.74, 6) is 2.35. The topological polar surface area (TPSA) is 28.2 Å². The van der Waals surface area contributed by atoms with E-state index in [1.807, 2.05) is 0 Å². The van der Waals surface area contributed by atoms with Crippen LogP contribution in [-0.2, 0) is 6.54 Å². The van der Waals surface area contributed by atoms with Gasteiger partial charge < -0.3 is 10.2 Å². The van der Waals surface area contributed by atoms with Crippen LogP contribution in [0.4, 0.5) is 5.82 Å². The smallest absolute Gasteiger partial charge is 0.129 e. The molecule has 0 unspecified atom stereocenters. The fourth-order valence-electron chi connectivity index (χ4n) is 2.75. The Bertz CT molecular complexity index is 483. The average Bonchev–Trinajstić information content (AvgIpc) is 3.18. The van der Waals surface area contributed by atoms with E-state index < -0.39 is 0 Å². The molecule has 4 heteroatoms. The Morgan fingerprint density at radius 2 is 2.20 bits per heavy atom. The number of pyridine rings is 1. The minimum Gasteiger partial charge on any atom is -0.354 e. The summed E-state index contributed by atoms with van der Waals surface area (Å²) in [5, 5.41) is 3.60. The van der Waals surface area contributed by atoms with E-state index in [-0.39, 0.29) is 0 Å². The molecule has 20 heavy (non-hydrogen) atoms. The maximum absolute atomic E-state index is 4.75. The Balaban J connectivity index is 1.74. The molecule has 1 aromatic rings. The van der Waals surface area contributed by atoms with Crippen LogP contribution in [0.1, 0.15) is 37.9 Å². The van der Waals surface area contributed by atoms with Gasteiger partial charge in [-0.2, -0.15) is 11.8 Å². The molecule has 1 saturated heterocycles. The fourth-order valence-corrected chi connectivity index (χ4v) is 3.86. The largest absolute Gasteiger partial charge is 0.354 e. The highest BCUT2D eigenvalue weighted by Gasteiger charge is 2.28. The molecule has 0 bridgehead atoms. The van der Waals surface area contributed by atoms with E-state index >= 15 is 0 Å². The molecule has 1 aromatic heterocycles. The second kappa shape index (κ2) is 5.57. The third-order valence-electron chi connectivity index (χ3n) is 3.92. The van der Waals surface area contributed by atoms with Crippen molar-refractivity contribution in [1.82, 2.24) is 10.3 Å². The van der Waals surface area contributed by atoms with E-state index in [0.29, 0.717) is 4.75 Å². The normalized spacial score (nSPS) is 22.1. The molecule has 2 aliphatic rings. The van der Waals surface area contributed by atoms with Crippen LogP contribution in [-0.4, -0.2) is 34.6 Å². The Hall–Kier alpha value is -0.740. The number of hydrogen-bond donors (Lipinski definition) is 1. The summed E-state index contributed by atoms with van der Waals surface area (Å²) in [4.78, 5) is 7.20. The zero-order chi connectivity index (χ0) is 14.2. The van der Waals surface area contributed by atoms with Crippen LogP contribution in [0.3, 0.4) is 0 Å². The first-order valence-corrected chi connectivity index (χ1v) is 8.60. The molecular weight excluding hydrogens is 266 g/mol. The number of thioether (sulfide) groups is 1. The van der Waals surface area contributed by atoms with Crippen LogP contribution in [0.15, 0.2) is 12.1 Å². The molecule has 0 spiro atoms. The molecule has 0 radical (unpaired) electrons. The van der Waals surface area contributed by atoms with Gasteiger partial charge in [-0.1, -0.05) is 0 Å². The number of rotatable bonds is 4. The maximum Gasteiger partial charge on any atom is 0.129 e. The van der Waals surface area contributed by atoms with Gasteiger partial charge in [0.1, 0.15) is 5.82 Å². The molecule has 0 atom stereocenters. The predicted molar refractivity (Wildman–Crippen MR) is 87.6 cm³/mol. The van der Waals surface area contributed by atoms with Gasteiger partial charge in [0.05, 0.1) is 0 Å². The zero-order valence-electron chi connectivity index (χ0n) is 12.8. The summed E-state index contributed by atoms with van der Waals surface area (Å²) in [7, 11) is 0. The molecular formula is C16H25N3S. The standard InChI is InChI=1S/C16H25N3S/c1-12-8-13(10-17-14-4-5-14)9-15(18-12)19-6-7-20-16(2,3)11-19/h8-9,14,17H,4-7,10-11H2,1-3H3. The SMILES string of the molecule is Cc1cc(CNC2CC2)cc(N2CCSC(C)(C)C2)n1. The number of anilines is 1. The lowest BCUT2D eigenvalue weighted by atomic mass is 10.1. The Morgan fingerprint density at radius 3 is 2.90 bits per heavy atom. The first kappa shape index (κ1) is 14.2. The van der Waals surface area contributed by atoms with Gasteiger partial charge in [-0.3, -0.25) is 0 Å². The Labute approximate surface area is 126 Å². The van der Waals surface area contributed by atoms with Gasteiger partial charge in [-0.25, -0.2) is 4.98 Å². The highest BCUT2D eigenvalue weighted by molar-refractivity contribution is 8.00. The van der Waals surface area contributed by atoms with Crippen LogP contribution in [0.25, 0.3) is 0 Å². The minimum atomic E-state index is 0.329. The summed E-state index contributed by atoms with van der Waals surface area (Å²) < 4.78 is 0.329. The number of aryl methyl sites for hydroxylation is 1. The number of hydrogen-bond acceptors (Lipinski definition) is 4. The molecule has 2 fully saturated rings. The van der Waals surface area contributed by atoms with E-state index in [1.54, 1.807) is 0 Å². The molecule has 1 N–H and O–H groups in total. The van der Waals surface area contributed by atoms with Crippen molar-refractivity contribution in [2.75, 3.05) is 23.7 Å². The third-order valence-corrected chi connectivity index (χ3v) is 5.22. The van der Waals surface area contributed by atoms with E-state index in [4.69, 9.17) is 4.98 Å². The quantitative estimate of drug-likeness (QED) is 0.923. The van der Waals surface area contributed by atoms with Crippen LogP contribution < -0.4 is 10.2 Å². The van der Waals surface area contributed by atoms with Gasteiger partial charge in [0, 0.05) is 41.9 Å². The molecule has 110 valence electrons. The first-order chi connectivity index (χ1) is 9.52. The second-order valence-electron chi connectivity index (χ2n) is 6.66. The van der Waals surface area contributed by atoms with Crippen molar-refractivity contribution < 1.29 is 0 Å². The first-order valence-electron chi connectivity index (χ1n) is 7.62. The van der Waals surface area contributed by atoms with Gasteiger partial charge in [0.25, 0.3) is 0 Å². The molecule has 0 aromatic carbocycles. The molecule has 2 heterocycles. The molecule has 3 nitrogen and oxygen atoms in total. The highest BCUT2D eigenvalue weighted by atomic mass is 32.2. The van der Waals surface area contributed by atoms with E-state index in [1.165, 1.54) is 24.2 Å². The van der Waals surface area contributed by atoms with Crippen molar-refractivity contribution in [3.63, 3.8) is 0 Å². The third kappa shape index (κ3) is 3.67. The van der Waals surface area contributed by atoms with Crippen LogP contribution in [0, 0.1) is 6.92 Å². The van der Waals surface area contributed by atoms with Crippen molar-refractivity contribution in [2.24, 2.45) is 0 Å². The van der Waals surface area contributed by atoms with Gasteiger partial charge in [-0.05, 0) is 51.3 Å². The van der Waals surface area contributed by atoms with E-state index in [0.717, 1.165) is 37.2 Å². The lowest BCUT2D eigenvalue weighted by molar-refractivity contribution is 0.639. The summed E-state index contributed by atoms with van der Waals surface area (Å²) in [6.45, 7) is 9.94. The van der Waals surface area contributed by atoms with Crippen molar-refractivity contribution in [2.45, 2.75) is 50.9 Å². The van der Waals surface area contributed by atoms with Gasteiger partial charge in [0.2, 0.25) is 0 Å². The van der Waals surface area contributed by atoms with Crippen LogP contribution in [0.2, 0.25) is 0 Å². The van der Waals surface area contributed by atoms with Crippen molar-refractivity contribution in [3.05, 3.63) is 23.4 Å². The van der Waals surface area contributed by atoms with Gasteiger partial charge >= 0.3 is 0 Å². The molecule has 1 aliphatic heterocycles. The number of nitrogens with zero attached hydrogens (tertiary/aromatic N) is 2. The highest BCUT2D eigenvalue weighted by Crippen LogP contribution is 2.32. The minimum absolute atomic E-state index is 0.329. The predicted octanol–water partition coefficient (Wildman–Crippen LogP) is 2.97. The molecule has 1 aliphatic carbocycles. The van der Waals surface area contributed by atoms with Gasteiger partial charge in [-0.15, -0.1) is 0 Å². The second-order valence-corrected chi connectivity index (χ2v) is 8.46. The monoisotopic (exact) mass is 291 g/mol. The maximum atomic E-state index is 4.75. The lowest BCUT2D eigenvalue weighted by Gasteiger charge is -2.38. The summed E-state index contributed by atoms with van der Waals surface area (Å²) >= 11 is 2.07. The average molecular weight is 291 g/mol. The van der Waals surface area contributed by atoms with Crippen LogP contribution in [0.5, 0.6) is 0 Å². The van der Waals surface area contributed by atoms with Crippen molar-refractivity contribution in [3.8, 4) is 0 Å². The molecule has 0 amide bonds.